The van der Waals surface area contributed by atoms with Crippen LogP contribution in [0.25, 0.3) is 89.3 Å². The molecule has 0 atom stereocenters. The third kappa shape index (κ3) is 7.12. The van der Waals surface area contributed by atoms with E-state index in [1.807, 2.05) is 41.1 Å². The molecule has 2 aromatic heterocycles. The number of hydrogen-bond donors (Lipinski definition) is 0. The Balaban J connectivity index is 1.02. The maximum atomic E-state index is 5.02. The van der Waals surface area contributed by atoms with E-state index in [9.17, 15) is 0 Å². The summed E-state index contributed by atoms with van der Waals surface area (Å²) in [6, 6.07) is 69.8. The molecule has 10 rings (SSSR count). The molecule has 302 valence electrons. The largest absolute Gasteiger partial charge is 0.309 e. The van der Waals surface area contributed by atoms with Crippen LogP contribution in [0, 0.1) is 0 Å². The lowest BCUT2D eigenvalue weighted by molar-refractivity contribution is 0.590. The Bertz CT molecular complexity index is 3140. The zero-order chi connectivity index (χ0) is 42.6. The first-order valence-corrected chi connectivity index (χ1v) is 21.6. The van der Waals surface area contributed by atoms with Crippen LogP contribution >= 0.6 is 0 Å². The highest BCUT2D eigenvalue weighted by Crippen LogP contribution is 2.41. The molecule has 10 aromatic rings. The summed E-state index contributed by atoms with van der Waals surface area (Å²) in [6.45, 7) is 13.8. The van der Waals surface area contributed by atoms with E-state index < -0.39 is 0 Å². The van der Waals surface area contributed by atoms with Gasteiger partial charge in [0.25, 0.3) is 0 Å². The summed E-state index contributed by atoms with van der Waals surface area (Å²) in [5.41, 5.74) is 16.4. The fourth-order valence-electron chi connectivity index (χ4n) is 8.72. The molecule has 4 heteroatoms. The quantitative estimate of drug-likeness (QED) is 0.161. The molecule has 0 saturated heterocycles. The average Bonchev–Trinajstić information content (AvgIpc) is 3.89. The first kappa shape index (κ1) is 38.9. The summed E-state index contributed by atoms with van der Waals surface area (Å²) in [4.78, 5) is 5.02. The highest BCUT2D eigenvalue weighted by atomic mass is 15.4. The summed E-state index contributed by atoms with van der Waals surface area (Å²) in [6.07, 6.45) is 0. The predicted molar refractivity (Wildman–Crippen MR) is 260 cm³/mol. The molecule has 0 unspecified atom stereocenters. The molecule has 0 N–H and O–H groups in total. The van der Waals surface area contributed by atoms with Gasteiger partial charge in [0.2, 0.25) is 0 Å². The zero-order valence-corrected chi connectivity index (χ0v) is 36.3. The van der Waals surface area contributed by atoms with Gasteiger partial charge in [-0.3, -0.25) is 0 Å². The van der Waals surface area contributed by atoms with E-state index >= 15 is 0 Å². The lowest BCUT2D eigenvalue weighted by Gasteiger charge is -2.19. The minimum atomic E-state index is 0.0547. The van der Waals surface area contributed by atoms with Gasteiger partial charge >= 0.3 is 0 Å². The highest BCUT2D eigenvalue weighted by Gasteiger charge is 2.22. The molecule has 4 nitrogen and oxygen atoms in total. The van der Waals surface area contributed by atoms with Crippen molar-refractivity contribution in [1.29, 1.82) is 0 Å². The van der Waals surface area contributed by atoms with Crippen LogP contribution in [-0.4, -0.2) is 19.3 Å². The van der Waals surface area contributed by atoms with Crippen LogP contribution in [0.4, 0.5) is 0 Å². The van der Waals surface area contributed by atoms with Crippen molar-refractivity contribution in [2.45, 2.75) is 52.4 Å². The summed E-state index contributed by atoms with van der Waals surface area (Å²) in [7, 11) is 0. The molecule has 2 heterocycles. The third-order valence-electron chi connectivity index (χ3n) is 12.2. The molecule has 0 aliphatic heterocycles. The van der Waals surface area contributed by atoms with Crippen molar-refractivity contribution in [2.24, 2.45) is 0 Å². The van der Waals surface area contributed by atoms with E-state index in [0.717, 1.165) is 33.9 Å². The van der Waals surface area contributed by atoms with Crippen LogP contribution in [0.2, 0.25) is 0 Å². The maximum absolute atomic E-state index is 5.02. The van der Waals surface area contributed by atoms with E-state index in [1.165, 1.54) is 60.8 Å². The van der Waals surface area contributed by atoms with Crippen molar-refractivity contribution in [3.63, 3.8) is 0 Å². The summed E-state index contributed by atoms with van der Waals surface area (Å²) in [5.74, 6) is 1.50. The number of nitrogens with zero attached hydrogens (tertiary/aromatic N) is 4. The van der Waals surface area contributed by atoms with Crippen LogP contribution < -0.4 is 0 Å². The summed E-state index contributed by atoms with van der Waals surface area (Å²) >= 11 is 0. The molecule has 0 bridgehead atoms. The minimum Gasteiger partial charge on any atom is -0.309 e. The van der Waals surface area contributed by atoms with Crippen LogP contribution in [0.3, 0.4) is 0 Å². The molecule has 0 spiro atoms. The van der Waals surface area contributed by atoms with E-state index in [4.69, 9.17) is 10.1 Å². The predicted octanol–water partition coefficient (Wildman–Crippen LogP) is 15.3. The normalized spacial score (nSPS) is 12.0. The summed E-state index contributed by atoms with van der Waals surface area (Å²) in [5, 5.41) is 7.62. The van der Waals surface area contributed by atoms with Gasteiger partial charge < -0.3 is 4.57 Å². The van der Waals surface area contributed by atoms with Crippen molar-refractivity contribution in [3.05, 3.63) is 205 Å². The molecular formula is C58H50N4. The zero-order valence-electron chi connectivity index (χ0n) is 36.3. The van der Waals surface area contributed by atoms with E-state index in [1.54, 1.807) is 0 Å². The minimum absolute atomic E-state index is 0.0547. The Morgan fingerprint density at radius 3 is 1.26 bits per heavy atom. The monoisotopic (exact) mass is 802 g/mol. The highest BCUT2D eigenvalue weighted by molar-refractivity contribution is 6.10. The standard InChI is InChI=1S/C58H50N4/c1-57(2,3)43-29-35-53-51(37-43)52-38-44(58(4,5)6)30-36-54(52)61(53)45-31-25-39(26-32-45)47-21-13-15-23-49(47)50-24-16-14-22-48(50)40-27-33-46(34-28-40)62-56(42-19-11-8-12-20-42)59-55(60-62)41-17-9-7-10-18-41/h7-38H,1-6H3. The van der Waals surface area contributed by atoms with Crippen molar-refractivity contribution in [3.8, 4) is 67.5 Å². The molecule has 0 fully saturated rings. The molecule has 0 aliphatic carbocycles. The number of aromatic nitrogens is 4. The van der Waals surface area contributed by atoms with Crippen LogP contribution in [-0.2, 0) is 10.8 Å². The molecule has 0 saturated carbocycles. The van der Waals surface area contributed by atoms with Crippen molar-refractivity contribution < 1.29 is 0 Å². The number of hydrogen-bond acceptors (Lipinski definition) is 2. The number of benzene rings is 8. The smallest absolute Gasteiger partial charge is 0.182 e. The lowest BCUT2D eigenvalue weighted by atomic mass is 9.85. The Morgan fingerprint density at radius 2 is 0.790 bits per heavy atom. The van der Waals surface area contributed by atoms with Crippen LogP contribution in [0.1, 0.15) is 52.7 Å². The van der Waals surface area contributed by atoms with Gasteiger partial charge in [0.15, 0.2) is 11.6 Å². The number of fused-ring (bicyclic) bond motifs is 3. The Kier molecular flexibility index (Phi) is 9.60. The van der Waals surface area contributed by atoms with Crippen LogP contribution in [0.15, 0.2) is 194 Å². The van der Waals surface area contributed by atoms with Gasteiger partial charge in [-0.25, -0.2) is 9.67 Å². The topological polar surface area (TPSA) is 35.6 Å². The van der Waals surface area contributed by atoms with Gasteiger partial charge in [0.1, 0.15) is 0 Å². The molecule has 0 radical (unpaired) electrons. The first-order valence-electron chi connectivity index (χ1n) is 21.6. The first-order chi connectivity index (χ1) is 30.0. The Hall–Kier alpha value is -7.30. The molecule has 0 amide bonds. The van der Waals surface area contributed by atoms with Gasteiger partial charge in [-0.2, -0.15) is 0 Å². The van der Waals surface area contributed by atoms with Gasteiger partial charge in [-0.1, -0.05) is 187 Å². The molecule has 0 aliphatic rings. The SMILES string of the molecule is CC(C)(C)c1ccc2c(c1)c1cc(C(C)(C)C)ccc1n2-c1ccc(-c2ccccc2-c2ccccc2-c2ccc(-n3nc(-c4ccccc4)nc3-c3ccccc3)cc2)cc1. The second-order valence-corrected chi connectivity index (χ2v) is 18.4. The van der Waals surface area contributed by atoms with Crippen molar-refractivity contribution in [1.82, 2.24) is 19.3 Å². The summed E-state index contributed by atoms with van der Waals surface area (Å²) < 4.78 is 4.39. The number of rotatable bonds is 7. The second kappa shape index (κ2) is 15.3. The lowest BCUT2D eigenvalue weighted by Crippen LogP contribution is -2.10. The van der Waals surface area contributed by atoms with Crippen molar-refractivity contribution >= 4 is 21.8 Å². The fraction of sp³-hybridized carbons (Fsp3) is 0.138. The molecule has 62 heavy (non-hydrogen) atoms. The van der Waals surface area contributed by atoms with Crippen LogP contribution in [0.5, 0.6) is 0 Å². The molecular weight excluding hydrogens is 753 g/mol. The fourth-order valence-corrected chi connectivity index (χ4v) is 8.72. The average molecular weight is 803 g/mol. The maximum Gasteiger partial charge on any atom is 0.182 e. The molecule has 8 aromatic carbocycles. The van der Waals surface area contributed by atoms with E-state index in [0.29, 0.717) is 5.82 Å². The van der Waals surface area contributed by atoms with Gasteiger partial charge in [-0.05, 0) is 104 Å². The van der Waals surface area contributed by atoms with Gasteiger partial charge in [0, 0.05) is 27.6 Å². The van der Waals surface area contributed by atoms with E-state index in [2.05, 4.69) is 204 Å². The van der Waals surface area contributed by atoms with Gasteiger partial charge in [0.05, 0.1) is 16.7 Å². The second-order valence-electron chi connectivity index (χ2n) is 18.4. The third-order valence-corrected chi connectivity index (χ3v) is 12.2. The van der Waals surface area contributed by atoms with E-state index in [-0.39, 0.29) is 10.8 Å². The Morgan fingerprint density at radius 1 is 0.371 bits per heavy atom. The van der Waals surface area contributed by atoms with Crippen molar-refractivity contribution in [2.75, 3.05) is 0 Å². The van der Waals surface area contributed by atoms with Gasteiger partial charge in [-0.15, -0.1) is 5.10 Å². The Labute approximate surface area is 364 Å².